The molecule has 0 saturated carbocycles. The van der Waals surface area contributed by atoms with E-state index in [0.29, 0.717) is 21.6 Å². The van der Waals surface area contributed by atoms with Crippen LogP contribution in [-0.4, -0.2) is 65.4 Å². The maximum absolute atomic E-state index is 13.4. The molecular formula is C30H38FN5O3S. The fourth-order valence-electron chi connectivity index (χ4n) is 6.10. The SMILES string of the molecule is CC(=O)c1sc(NC(=O)N[C@@H]2CCN(Cc3ccco3)C[C@H]2CN2CCCC(Cc3ccc(F)cc3)C2)nc1C. The zero-order valence-electron chi connectivity index (χ0n) is 23.2. The van der Waals surface area contributed by atoms with Crippen molar-refractivity contribution in [3.05, 3.63) is 70.4 Å². The highest BCUT2D eigenvalue weighted by molar-refractivity contribution is 7.17. The van der Waals surface area contributed by atoms with Gasteiger partial charge in [-0.1, -0.05) is 23.5 Å². The number of nitrogens with zero attached hydrogens (tertiary/aromatic N) is 3. The highest BCUT2D eigenvalue weighted by Gasteiger charge is 2.33. The molecule has 40 heavy (non-hydrogen) atoms. The molecule has 2 aliphatic rings. The van der Waals surface area contributed by atoms with E-state index >= 15 is 0 Å². The number of halogens is 1. The average Bonchev–Trinajstić information content (AvgIpc) is 3.56. The van der Waals surface area contributed by atoms with Gasteiger partial charge in [0, 0.05) is 45.1 Å². The molecule has 1 aromatic carbocycles. The Morgan fingerprint density at radius 3 is 2.67 bits per heavy atom. The van der Waals surface area contributed by atoms with Crippen molar-refractivity contribution < 1.29 is 18.4 Å². The minimum absolute atomic E-state index is 0.0127. The van der Waals surface area contributed by atoms with Gasteiger partial charge < -0.3 is 14.6 Å². The zero-order valence-corrected chi connectivity index (χ0v) is 24.0. The number of aromatic nitrogens is 1. The van der Waals surface area contributed by atoms with E-state index < -0.39 is 0 Å². The summed E-state index contributed by atoms with van der Waals surface area (Å²) >= 11 is 1.21. The minimum Gasteiger partial charge on any atom is -0.468 e. The fourth-order valence-corrected chi connectivity index (χ4v) is 6.95. The van der Waals surface area contributed by atoms with Crippen LogP contribution >= 0.6 is 11.3 Å². The molecule has 3 atom stereocenters. The summed E-state index contributed by atoms with van der Waals surface area (Å²) in [6, 6.07) is 10.5. The highest BCUT2D eigenvalue weighted by Crippen LogP contribution is 2.27. The molecule has 0 aliphatic carbocycles. The molecule has 0 radical (unpaired) electrons. The number of Topliss-reactive ketones (excluding diaryl/α,β-unsaturated/α-hetero) is 1. The number of nitrogens with one attached hydrogen (secondary N) is 2. The van der Waals surface area contributed by atoms with E-state index in [1.165, 1.54) is 30.2 Å². The zero-order chi connectivity index (χ0) is 28.1. The first-order valence-corrected chi connectivity index (χ1v) is 14.9. The van der Waals surface area contributed by atoms with E-state index in [-0.39, 0.29) is 29.6 Å². The Kier molecular flexibility index (Phi) is 9.29. The summed E-state index contributed by atoms with van der Waals surface area (Å²) in [7, 11) is 0. The van der Waals surface area contributed by atoms with Crippen LogP contribution in [0.2, 0.25) is 0 Å². The second kappa shape index (κ2) is 13.1. The molecule has 3 aromatic rings. The number of hydrogen-bond acceptors (Lipinski definition) is 7. The number of rotatable bonds is 9. The third kappa shape index (κ3) is 7.56. The Morgan fingerprint density at radius 1 is 1.12 bits per heavy atom. The molecular weight excluding hydrogens is 529 g/mol. The summed E-state index contributed by atoms with van der Waals surface area (Å²) in [6.07, 6.45) is 5.79. The molecule has 214 valence electrons. The van der Waals surface area contributed by atoms with Crippen molar-refractivity contribution in [3.8, 4) is 0 Å². The molecule has 2 aromatic heterocycles. The van der Waals surface area contributed by atoms with E-state index in [0.717, 1.165) is 64.3 Å². The van der Waals surface area contributed by atoms with Gasteiger partial charge in [0.25, 0.3) is 0 Å². The van der Waals surface area contributed by atoms with Crippen LogP contribution in [0.1, 0.15) is 52.9 Å². The van der Waals surface area contributed by atoms with Gasteiger partial charge in [0.1, 0.15) is 11.6 Å². The molecule has 2 N–H and O–H groups in total. The van der Waals surface area contributed by atoms with Crippen molar-refractivity contribution in [1.82, 2.24) is 20.1 Å². The normalized spacial score (nSPS) is 22.2. The number of carbonyl (C=O) groups excluding carboxylic acids is 2. The second-order valence-corrected chi connectivity index (χ2v) is 12.2. The Balaban J connectivity index is 1.22. The van der Waals surface area contributed by atoms with Crippen LogP contribution in [0.15, 0.2) is 47.1 Å². The summed E-state index contributed by atoms with van der Waals surface area (Å²) in [5.74, 6) is 1.47. The van der Waals surface area contributed by atoms with Crippen molar-refractivity contribution in [3.63, 3.8) is 0 Å². The first-order valence-electron chi connectivity index (χ1n) is 14.1. The molecule has 8 nitrogen and oxygen atoms in total. The van der Waals surface area contributed by atoms with Gasteiger partial charge in [0.2, 0.25) is 0 Å². The van der Waals surface area contributed by atoms with Crippen LogP contribution in [0.4, 0.5) is 14.3 Å². The monoisotopic (exact) mass is 567 g/mol. The molecule has 0 bridgehead atoms. The lowest BCUT2D eigenvalue weighted by atomic mass is 9.88. The van der Waals surface area contributed by atoms with Gasteiger partial charge in [0.05, 0.1) is 23.4 Å². The number of ketones is 1. The predicted octanol–water partition coefficient (Wildman–Crippen LogP) is 5.35. The highest BCUT2D eigenvalue weighted by atomic mass is 32.1. The van der Waals surface area contributed by atoms with Crippen LogP contribution in [0.3, 0.4) is 0 Å². The van der Waals surface area contributed by atoms with Gasteiger partial charge in [-0.2, -0.15) is 0 Å². The molecule has 2 aliphatic heterocycles. The lowest BCUT2D eigenvalue weighted by Crippen LogP contribution is -2.55. The number of carbonyl (C=O) groups is 2. The van der Waals surface area contributed by atoms with E-state index in [2.05, 4.69) is 25.4 Å². The van der Waals surface area contributed by atoms with E-state index in [1.807, 2.05) is 24.3 Å². The number of piperidine rings is 2. The van der Waals surface area contributed by atoms with Crippen LogP contribution in [0.25, 0.3) is 0 Å². The van der Waals surface area contributed by atoms with Crippen LogP contribution < -0.4 is 10.6 Å². The number of hydrogen-bond donors (Lipinski definition) is 2. The smallest absolute Gasteiger partial charge is 0.321 e. The number of benzene rings is 1. The standard InChI is InChI=1S/C30H38FN5O3S/c1-20-28(21(2)37)40-30(32-20)34-29(38)33-27-11-13-36(19-26-6-4-14-39-26)18-24(27)17-35-12-3-5-23(16-35)15-22-7-9-25(31)10-8-22/h4,6-10,14,23-24,27H,3,5,11-13,15-19H2,1-2H3,(H2,32,33,34,38)/t23?,24-,27-/m1/s1. The third-order valence-electron chi connectivity index (χ3n) is 7.96. The van der Waals surface area contributed by atoms with E-state index in [1.54, 1.807) is 25.3 Å². The summed E-state index contributed by atoms with van der Waals surface area (Å²) < 4.78 is 19.0. The van der Waals surface area contributed by atoms with E-state index in [9.17, 15) is 14.0 Å². The van der Waals surface area contributed by atoms with Crippen LogP contribution in [0, 0.1) is 24.6 Å². The van der Waals surface area contributed by atoms with Gasteiger partial charge >= 0.3 is 6.03 Å². The summed E-state index contributed by atoms with van der Waals surface area (Å²) in [4.78, 5) is 34.7. The maximum atomic E-state index is 13.4. The lowest BCUT2D eigenvalue weighted by Gasteiger charge is -2.42. The largest absolute Gasteiger partial charge is 0.468 e. The molecule has 2 saturated heterocycles. The first-order chi connectivity index (χ1) is 19.3. The third-order valence-corrected chi connectivity index (χ3v) is 9.14. The predicted molar refractivity (Wildman–Crippen MR) is 154 cm³/mol. The van der Waals surface area contributed by atoms with Crippen LogP contribution in [0.5, 0.6) is 0 Å². The number of likely N-dealkylation sites (tertiary alicyclic amines) is 2. The van der Waals surface area contributed by atoms with Crippen molar-refractivity contribution in [2.45, 2.75) is 52.1 Å². The molecule has 5 rings (SSSR count). The molecule has 4 heterocycles. The molecule has 10 heteroatoms. The molecule has 0 spiro atoms. The maximum Gasteiger partial charge on any atom is 0.321 e. The average molecular weight is 568 g/mol. The Morgan fingerprint density at radius 2 is 1.95 bits per heavy atom. The van der Waals surface area contributed by atoms with Crippen molar-refractivity contribution in [1.29, 1.82) is 0 Å². The summed E-state index contributed by atoms with van der Waals surface area (Å²) in [5, 5.41) is 6.51. The molecule has 2 fully saturated rings. The quantitative estimate of drug-likeness (QED) is 0.339. The van der Waals surface area contributed by atoms with Gasteiger partial charge in [-0.05, 0) is 74.9 Å². The number of amides is 2. The van der Waals surface area contributed by atoms with Crippen molar-refractivity contribution in [2.75, 3.05) is 38.0 Å². The summed E-state index contributed by atoms with van der Waals surface area (Å²) in [5.41, 5.74) is 1.81. The fraction of sp³-hybridized carbons (Fsp3) is 0.500. The van der Waals surface area contributed by atoms with Gasteiger partial charge in [0.15, 0.2) is 10.9 Å². The molecule has 2 amide bonds. The Hall–Kier alpha value is -3.08. The lowest BCUT2D eigenvalue weighted by molar-refractivity contribution is 0.0787. The van der Waals surface area contributed by atoms with Crippen molar-refractivity contribution >= 4 is 28.3 Å². The number of aryl methyl sites for hydroxylation is 1. The second-order valence-electron chi connectivity index (χ2n) is 11.2. The number of urea groups is 1. The van der Waals surface area contributed by atoms with Gasteiger partial charge in [-0.15, -0.1) is 0 Å². The molecule has 1 unspecified atom stereocenters. The Labute approximate surface area is 239 Å². The minimum atomic E-state index is -0.286. The van der Waals surface area contributed by atoms with Gasteiger partial charge in [-0.3, -0.25) is 15.0 Å². The Bertz CT molecular complexity index is 1280. The number of furan rings is 1. The first kappa shape index (κ1) is 28.4. The summed E-state index contributed by atoms with van der Waals surface area (Å²) in [6.45, 7) is 8.69. The topological polar surface area (TPSA) is 90.7 Å². The van der Waals surface area contributed by atoms with Crippen LogP contribution in [-0.2, 0) is 13.0 Å². The van der Waals surface area contributed by atoms with Gasteiger partial charge in [-0.25, -0.2) is 14.2 Å². The van der Waals surface area contributed by atoms with Crippen molar-refractivity contribution in [2.24, 2.45) is 11.8 Å². The van der Waals surface area contributed by atoms with E-state index in [4.69, 9.17) is 4.42 Å². The number of anilines is 1. The number of thiazole rings is 1.